The van der Waals surface area contributed by atoms with E-state index >= 15 is 0 Å². The predicted molar refractivity (Wildman–Crippen MR) is 123 cm³/mol. The van der Waals surface area contributed by atoms with Gasteiger partial charge in [0.05, 0.1) is 5.69 Å². The van der Waals surface area contributed by atoms with Gasteiger partial charge in [-0.1, -0.05) is 20.8 Å². The van der Waals surface area contributed by atoms with Gasteiger partial charge in [0.1, 0.15) is 15.7 Å². The van der Waals surface area contributed by atoms with Crippen LogP contribution in [0.15, 0.2) is 24.3 Å². The number of benzene rings is 1. The third kappa shape index (κ3) is 5.91. The van der Waals surface area contributed by atoms with Crippen molar-refractivity contribution in [3.8, 4) is 10.6 Å². The first-order valence-corrected chi connectivity index (χ1v) is 11.9. The molecule has 0 saturated carbocycles. The Morgan fingerprint density at radius 1 is 1.19 bits per heavy atom. The number of aromatic nitrogens is 1. The smallest absolute Gasteiger partial charge is 0.265 e. The zero-order valence-corrected chi connectivity index (χ0v) is 19.6. The molecule has 0 spiro atoms. The van der Waals surface area contributed by atoms with Gasteiger partial charge < -0.3 is 10.2 Å². The maximum absolute atomic E-state index is 13.2. The molecule has 0 aliphatic carbocycles. The summed E-state index contributed by atoms with van der Waals surface area (Å²) < 4.78 is 13.2. The van der Waals surface area contributed by atoms with Crippen LogP contribution >= 0.6 is 11.3 Å². The van der Waals surface area contributed by atoms with Crippen LogP contribution in [0.2, 0.25) is 0 Å². The third-order valence-electron chi connectivity index (χ3n) is 6.05. The minimum atomic E-state index is -0.293. The summed E-state index contributed by atoms with van der Waals surface area (Å²) in [7, 11) is 0. The molecule has 168 valence electrons. The number of hydrogen-bond acceptors (Lipinski definition) is 4. The van der Waals surface area contributed by atoms with Crippen molar-refractivity contribution in [3.63, 3.8) is 0 Å². The van der Waals surface area contributed by atoms with Gasteiger partial charge in [0, 0.05) is 31.1 Å². The normalized spacial score (nSPS) is 15.9. The molecule has 1 atom stereocenters. The summed E-state index contributed by atoms with van der Waals surface area (Å²) in [5.41, 5.74) is 1.51. The molecule has 7 heteroatoms. The number of amides is 2. The van der Waals surface area contributed by atoms with E-state index in [2.05, 4.69) is 24.1 Å². The van der Waals surface area contributed by atoms with E-state index < -0.39 is 0 Å². The third-order valence-corrected chi connectivity index (χ3v) is 7.24. The van der Waals surface area contributed by atoms with E-state index in [-0.39, 0.29) is 23.5 Å². The molecule has 1 N–H and O–H groups in total. The topological polar surface area (TPSA) is 62.3 Å². The molecular weight excluding hydrogens is 413 g/mol. The molecule has 3 rings (SSSR count). The van der Waals surface area contributed by atoms with Crippen LogP contribution < -0.4 is 5.32 Å². The summed E-state index contributed by atoms with van der Waals surface area (Å²) in [5.74, 6) is 0.645. The number of nitrogens with zero attached hydrogens (tertiary/aromatic N) is 2. The minimum Gasteiger partial charge on any atom is -0.356 e. The van der Waals surface area contributed by atoms with E-state index in [4.69, 9.17) is 0 Å². The summed E-state index contributed by atoms with van der Waals surface area (Å²) in [4.78, 5) is 32.6. The van der Waals surface area contributed by atoms with E-state index in [1.54, 1.807) is 12.1 Å². The molecule has 2 heterocycles. The molecule has 2 amide bonds. The van der Waals surface area contributed by atoms with Gasteiger partial charge in [-0.3, -0.25) is 9.59 Å². The summed E-state index contributed by atoms with van der Waals surface area (Å²) in [6, 6.07) is 6.17. The molecule has 0 bridgehead atoms. The Balaban J connectivity index is 1.57. The summed E-state index contributed by atoms with van der Waals surface area (Å²) in [6.45, 7) is 10.2. The van der Waals surface area contributed by atoms with Gasteiger partial charge in [-0.25, -0.2) is 9.37 Å². The lowest BCUT2D eigenvalue weighted by Gasteiger charge is -2.34. The van der Waals surface area contributed by atoms with Gasteiger partial charge in [-0.2, -0.15) is 0 Å². The van der Waals surface area contributed by atoms with Crippen LogP contribution in [0, 0.1) is 30.5 Å². The molecule has 31 heavy (non-hydrogen) atoms. The van der Waals surface area contributed by atoms with Crippen molar-refractivity contribution in [2.45, 2.75) is 47.0 Å². The van der Waals surface area contributed by atoms with Crippen molar-refractivity contribution in [1.82, 2.24) is 15.2 Å². The largest absolute Gasteiger partial charge is 0.356 e. The molecule has 1 aliphatic rings. The number of likely N-dealkylation sites (tertiary alicyclic amines) is 1. The van der Waals surface area contributed by atoms with E-state index in [0.29, 0.717) is 35.5 Å². The lowest BCUT2D eigenvalue weighted by molar-refractivity contribution is -0.126. The van der Waals surface area contributed by atoms with Crippen LogP contribution in [0.1, 0.15) is 55.4 Å². The van der Waals surface area contributed by atoms with Crippen molar-refractivity contribution in [1.29, 1.82) is 0 Å². The summed E-state index contributed by atoms with van der Waals surface area (Å²) >= 11 is 1.35. The Hall–Kier alpha value is -2.28. The molecule has 0 radical (unpaired) electrons. The number of nitrogens with one attached hydrogen (secondary N) is 1. The second-order valence-corrected chi connectivity index (χ2v) is 9.83. The van der Waals surface area contributed by atoms with Crippen LogP contribution in [-0.4, -0.2) is 41.3 Å². The molecule has 1 aliphatic heterocycles. The Kier molecular flexibility index (Phi) is 7.81. The van der Waals surface area contributed by atoms with Gasteiger partial charge in [0.25, 0.3) is 5.91 Å². The van der Waals surface area contributed by atoms with E-state index in [0.717, 1.165) is 36.4 Å². The van der Waals surface area contributed by atoms with Crippen molar-refractivity contribution >= 4 is 23.2 Å². The first-order valence-electron chi connectivity index (χ1n) is 11.1. The molecular formula is C24H32FN3O2S. The van der Waals surface area contributed by atoms with Crippen LogP contribution in [-0.2, 0) is 4.79 Å². The van der Waals surface area contributed by atoms with Crippen molar-refractivity contribution in [2.24, 2.45) is 17.8 Å². The number of carbonyl (C=O) groups is 2. The van der Waals surface area contributed by atoms with Crippen LogP contribution in [0.3, 0.4) is 0 Å². The van der Waals surface area contributed by atoms with E-state index in [9.17, 15) is 14.0 Å². The fourth-order valence-corrected chi connectivity index (χ4v) is 4.96. The lowest BCUT2D eigenvalue weighted by Crippen LogP contribution is -2.42. The fraction of sp³-hybridized carbons (Fsp3) is 0.542. The van der Waals surface area contributed by atoms with Gasteiger partial charge in [0.2, 0.25) is 5.91 Å². The van der Waals surface area contributed by atoms with Gasteiger partial charge in [-0.05, 0) is 62.3 Å². The van der Waals surface area contributed by atoms with Crippen molar-refractivity contribution in [2.75, 3.05) is 19.6 Å². The highest BCUT2D eigenvalue weighted by molar-refractivity contribution is 7.17. The highest BCUT2D eigenvalue weighted by Gasteiger charge is 2.31. The first-order chi connectivity index (χ1) is 14.8. The molecule has 2 aromatic rings. The second-order valence-electron chi connectivity index (χ2n) is 8.83. The number of rotatable bonds is 7. The standard InChI is InChI=1S/C24H32FN3O2S/c1-15(2)9-12-26-22(29)16(3)18-10-13-28(14-11-18)24(30)21-17(4)27-23(31-21)19-5-7-20(25)8-6-19/h5-8,15-16,18H,9-14H2,1-4H3,(H,26,29)/t16-/m1/s1. The van der Waals surface area contributed by atoms with Gasteiger partial charge in [0.15, 0.2) is 0 Å². The zero-order valence-electron chi connectivity index (χ0n) is 18.8. The molecule has 5 nitrogen and oxygen atoms in total. The molecule has 0 unspecified atom stereocenters. The van der Waals surface area contributed by atoms with E-state index in [1.165, 1.54) is 23.5 Å². The molecule has 1 saturated heterocycles. The molecule has 1 aromatic carbocycles. The number of piperidine rings is 1. The number of carbonyl (C=O) groups excluding carboxylic acids is 2. The zero-order chi connectivity index (χ0) is 22.5. The minimum absolute atomic E-state index is 0.00384. The number of aryl methyl sites for hydroxylation is 1. The van der Waals surface area contributed by atoms with Crippen molar-refractivity contribution in [3.05, 3.63) is 40.7 Å². The molecule has 1 aromatic heterocycles. The highest BCUT2D eigenvalue weighted by atomic mass is 32.1. The van der Waals surface area contributed by atoms with Gasteiger partial charge >= 0.3 is 0 Å². The first kappa shape index (κ1) is 23.4. The van der Waals surface area contributed by atoms with Gasteiger partial charge in [-0.15, -0.1) is 11.3 Å². The van der Waals surface area contributed by atoms with E-state index in [1.807, 2.05) is 18.7 Å². The fourth-order valence-electron chi connectivity index (χ4n) is 3.92. The highest BCUT2D eigenvalue weighted by Crippen LogP contribution is 2.31. The number of halogens is 1. The predicted octanol–water partition coefficient (Wildman–Crippen LogP) is 4.91. The Bertz CT molecular complexity index is 902. The maximum Gasteiger partial charge on any atom is 0.265 e. The van der Waals surface area contributed by atoms with Crippen LogP contribution in [0.5, 0.6) is 0 Å². The quantitative estimate of drug-likeness (QED) is 0.659. The Morgan fingerprint density at radius 3 is 2.45 bits per heavy atom. The lowest BCUT2D eigenvalue weighted by atomic mass is 9.84. The summed E-state index contributed by atoms with van der Waals surface area (Å²) in [6.07, 6.45) is 2.64. The number of thiazole rings is 1. The number of hydrogen-bond donors (Lipinski definition) is 1. The van der Waals surface area contributed by atoms with Crippen molar-refractivity contribution < 1.29 is 14.0 Å². The maximum atomic E-state index is 13.2. The SMILES string of the molecule is Cc1nc(-c2ccc(F)cc2)sc1C(=O)N1CCC([C@@H](C)C(=O)NCCC(C)C)CC1. The van der Waals surface area contributed by atoms with Crippen LogP contribution in [0.4, 0.5) is 4.39 Å². The molecule has 1 fully saturated rings. The second kappa shape index (κ2) is 10.4. The average Bonchev–Trinajstić information content (AvgIpc) is 3.14. The summed E-state index contributed by atoms with van der Waals surface area (Å²) in [5, 5.41) is 3.78. The Labute approximate surface area is 188 Å². The monoisotopic (exact) mass is 445 g/mol. The Morgan fingerprint density at radius 2 is 1.84 bits per heavy atom. The van der Waals surface area contributed by atoms with Crippen LogP contribution in [0.25, 0.3) is 10.6 Å². The average molecular weight is 446 g/mol.